The number of nitrogens with one attached hydrogen (secondary N) is 1. The number of hydrogen-bond acceptors (Lipinski definition) is 3. The molecule has 0 spiro atoms. The zero-order valence-corrected chi connectivity index (χ0v) is 9.52. The summed E-state index contributed by atoms with van der Waals surface area (Å²) in [7, 11) is 0. The molecule has 0 fully saturated rings. The Bertz CT molecular complexity index is 551. The number of carboxylic acid groups (broad SMARTS) is 1. The van der Waals surface area contributed by atoms with Crippen LogP contribution < -0.4 is 5.32 Å². The van der Waals surface area contributed by atoms with E-state index >= 15 is 0 Å². The first kappa shape index (κ1) is 12.3. The molecule has 0 bridgehead atoms. The van der Waals surface area contributed by atoms with Gasteiger partial charge in [0, 0.05) is 24.2 Å². The number of benzene rings is 1. The van der Waals surface area contributed by atoms with Gasteiger partial charge < -0.3 is 14.8 Å². The third-order valence-corrected chi connectivity index (χ3v) is 2.53. The number of rotatable bonds is 5. The van der Waals surface area contributed by atoms with Crippen molar-refractivity contribution in [1.29, 1.82) is 0 Å². The molecular weight excluding hydrogens is 237 g/mol. The van der Waals surface area contributed by atoms with E-state index in [-0.39, 0.29) is 11.6 Å². The van der Waals surface area contributed by atoms with Crippen molar-refractivity contribution in [2.24, 2.45) is 0 Å². The lowest BCUT2D eigenvalue weighted by Crippen LogP contribution is -2.15. The molecule has 1 aromatic carbocycles. The molecule has 2 aromatic rings. The van der Waals surface area contributed by atoms with Crippen LogP contribution in [0.25, 0.3) is 0 Å². The molecule has 0 aliphatic heterocycles. The van der Waals surface area contributed by atoms with Gasteiger partial charge in [-0.05, 0) is 12.1 Å². The summed E-state index contributed by atoms with van der Waals surface area (Å²) in [6.45, 7) is 0.642. The third kappa shape index (κ3) is 2.75. The van der Waals surface area contributed by atoms with Crippen molar-refractivity contribution in [1.82, 2.24) is 5.32 Å². The van der Waals surface area contributed by atoms with Crippen molar-refractivity contribution in [3.8, 4) is 0 Å². The topological polar surface area (TPSA) is 62.5 Å². The molecule has 0 atom stereocenters. The highest BCUT2D eigenvalue weighted by atomic mass is 19.1. The molecule has 0 saturated carbocycles. The lowest BCUT2D eigenvalue weighted by Gasteiger charge is -2.05. The Morgan fingerprint density at radius 2 is 1.94 bits per heavy atom. The predicted octanol–water partition coefficient (Wildman–Crippen LogP) is 2.41. The normalized spacial score (nSPS) is 10.5. The molecule has 0 radical (unpaired) electrons. The number of furan rings is 1. The second kappa shape index (κ2) is 5.46. The van der Waals surface area contributed by atoms with Gasteiger partial charge in [0.05, 0.1) is 6.26 Å². The predicted molar refractivity (Wildman–Crippen MR) is 62.6 cm³/mol. The second-order valence-corrected chi connectivity index (χ2v) is 3.78. The Morgan fingerprint density at radius 3 is 2.67 bits per heavy atom. The van der Waals surface area contributed by atoms with Gasteiger partial charge in [-0.15, -0.1) is 0 Å². The fraction of sp³-hybridized carbons (Fsp3) is 0.154. The van der Waals surface area contributed by atoms with E-state index in [4.69, 9.17) is 9.52 Å². The second-order valence-electron chi connectivity index (χ2n) is 3.78. The molecule has 1 aromatic heterocycles. The molecule has 0 unspecified atom stereocenters. The van der Waals surface area contributed by atoms with Crippen LogP contribution in [0, 0.1) is 5.82 Å². The standard InChI is InChI=1S/C13H12FNO3/c14-11-4-2-1-3-9(11)7-15-8-10-5-6-18-12(10)13(16)17/h1-6,15H,7-8H2,(H,16,17). The van der Waals surface area contributed by atoms with E-state index in [1.807, 2.05) is 0 Å². The smallest absolute Gasteiger partial charge is 0.372 e. The largest absolute Gasteiger partial charge is 0.475 e. The summed E-state index contributed by atoms with van der Waals surface area (Å²) in [5, 5.41) is 11.8. The van der Waals surface area contributed by atoms with Crippen LogP contribution in [-0.2, 0) is 13.1 Å². The number of carbonyl (C=O) groups is 1. The molecule has 1 heterocycles. The first-order chi connectivity index (χ1) is 8.68. The van der Waals surface area contributed by atoms with E-state index in [1.54, 1.807) is 24.3 Å². The number of halogens is 1. The third-order valence-electron chi connectivity index (χ3n) is 2.53. The van der Waals surface area contributed by atoms with Crippen LogP contribution >= 0.6 is 0 Å². The van der Waals surface area contributed by atoms with Crippen LogP contribution in [0.4, 0.5) is 4.39 Å². The van der Waals surface area contributed by atoms with Crippen molar-refractivity contribution in [3.05, 3.63) is 59.3 Å². The van der Waals surface area contributed by atoms with Crippen LogP contribution in [0.5, 0.6) is 0 Å². The maximum atomic E-state index is 13.3. The van der Waals surface area contributed by atoms with Crippen molar-refractivity contribution in [3.63, 3.8) is 0 Å². The van der Waals surface area contributed by atoms with Gasteiger partial charge in [0.25, 0.3) is 0 Å². The summed E-state index contributed by atoms with van der Waals surface area (Å²) in [6.07, 6.45) is 1.32. The van der Waals surface area contributed by atoms with Crippen molar-refractivity contribution in [2.75, 3.05) is 0 Å². The zero-order valence-electron chi connectivity index (χ0n) is 9.52. The Labute approximate surface area is 103 Å². The molecule has 2 rings (SSSR count). The fourth-order valence-electron chi connectivity index (χ4n) is 1.64. The van der Waals surface area contributed by atoms with Crippen molar-refractivity contribution >= 4 is 5.97 Å². The molecule has 2 N–H and O–H groups in total. The fourth-order valence-corrected chi connectivity index (χ4v) is 1.64. The molecule has 5 heteroatoms. The Morgan fingerprint density at radius 1 is 1.22 bits per heavy atom. The molecule has 0 aliphatic rings. The monoisotopic (exact) mass is 249 g/mol. The highest BCUT2D eigenvalue weighted by Crippen LogP contribution is 2.11. The van der Waals surface area contributed by atoms with E-state index in [0.717, 1.165) is 0 Å². The molecule has 0 aliphatic carbocycles. The van der Waals surface area contributed by atoms with Crippen LogP contribution in [0.15, 0.2) is 41.0 Å². The van der Waals surface area contributed by atoms with Gasteiger partial charge in [0.1, 0.15) is 5.82 Å². The number of aromatic carboxylic acids is 1. The summed E-state index contributed by atoms with van der Waals surface area (Å²) in [4.78, 5) is 10.8. The van der Waals surface area contributed by atoms with Gasteiger partial charge in [0.15, 0.2) is 0 Å². The molecule has 18 heavy (non-hydrogen) atoms. The maximum absolute atomic E-state index is 13.3. The minimum absolute atomic E-state index is 0.0870. The van der Waals surface area contributed by atoms with Crippen LogP contribution in [0.2, 0.25) is 0 Å². The van der Waals surface area contributed by atoms with Crippen molar-refractivity contribution < 1.29 is 18.7 Å². The molecule has 94 valence electrons. The first-order valence-corrected chi connectivity index (χ1v) is 5.42. The highest BCUT2D eigenvalue weighted by Gasteiger charge is 2.13. The Balaban J connectivity index is 1.95. The van der Waals surface area contributed by atoms with Crippen LogP contribution in [0.3, 0.4) is 0 Å². The van der Waals surface area contributed by atoms with Crippen molar-refractivity contribution in [2.45, 2.75) is 13.1 Å². The number of hydrogen-bond donors (Lipinski definition) is 2. The van der Waals surface area contributed by atoms with Crippen LogP contribution in [0.1, 0.15) is 21.7 Å². The summed E-state index contributed by atoms with van der Waals surface area (Å²) in [6, 6.07) is 8.02. The van der Waals surface area contributed by atoms with E-state index in [9.17, 15) is 9.18 Å². The summed E-state index contributed by atoms with van der Waals surface area (Å²) < 4.78 is 18.1. The summed E-state index contributed by atoms with van der Waals surface area (Å²) >= 11 is 0. The van der Waals surface area contributed by atoms with E-state index in [0.29, 0.717) is 24.2 Å². The average molecular weight is 249 g/mol. The van der Waals surface area contributed by atoms with Gasteiger partial charge in [-0.2, -0.15) is 0 Å². The lowest BCUT2D eigenvalue weighted by molar-refractivity contribution is 0.0660. The van der Waals surface area contributed by atoms with Gasteiger partial charge in [-0.25, -0.2) is 9.18 Å². The molecule has 0 saturated heterocycles. The van der Waals surface area contributed by atoms with E-state index in [2.05, 4.69) is 5.32 Å². The summed E-state index contributed by atoms with van der Waals surface area (Å²) in [5.41, 5.74) is 1.08. The Kier molecular flexibility index (Phi) is 3.74. The highest BCUT2D eigenvalue weighted by molar-refractivity contribution is 5.86. The van der Waals surface area contributed by atoms with Crippen LogP contribution in [-0.4, -0.2) is 11.1 Å². The van der Waals surface area contributed by atoms with Gasteiger partial charge in [-0.1, -0.05) is 18.2 Å². The quantitative estimate of drug-likeness (QED) is 0.854. The first-order valence-electron chi connectivity index (χ1n) is 5.42. The van der Waals surface area contributed by atoms with Gasteiger partial charge in [-0.3, -0.25) is 0 Å². The van der Waals surface area contributed by atoms with E-state index < -0.39 is 5.97 Å². The molecule has 0 amide bonds. The minimum Gasteiger partial charge on any atom is -0.475 e. The Hall–Kier alpha value is -2.14. The maximum Gasteiger partial charge on any atom is 0.372 e. The number of carboxylic acids is 1. The summed E-state index contributed by atoms with van der Waals surface area (Å²) in [5.74, 6) is -1.48. The molecule has 4 nitrogen and oxygen atoms in total. The van der Waals surface area contributed by atoms with Gasteiger partial charge in [0.2, 0.25) is 5.76 Å². The zero-order chi connectivity index (χ0) is 13.0. The average Bonchev–Trinajstić information content (AvgIpc) is 2.80. The SMILES string of the molecule is O=C(O)c1occc1CNCc1ccccc1F. The molecular formula is C13H12FNO3. The van der Waals surface area contributed by atoms with E-state index in [1.165, 1.54) is 12.3 Å². The lowest BCUT2D eigenvalue weighted by atomic mass is 10.2. The van der Waals surface area contributed by atoms with Gasteiger partial charge >= 0.3 is 5.97 Å². The minimum atomic E-state index is -1.11.